The van der Waals surface area contributed by atoms with Crippen molar-refractivity contribution in [3.05, 3.63) is 29.8 Å². The van der Waals surface area contributed by atoms with Crippen molar-refractivity contribution < 1.29 is 9.53 Å². The third kappa shape index (κ3) is 4.84. The minimum atomic E-state index is -0.216. The van der Waals surface area contributed by atoms with Crippen LogP contribution in [0.4, 0.5) is 0 Å². The molecule has 0 aliphatic heterocycles. The molecule has 0 N–H and O–H groups in total. The molecule has 0 amide bonds. The summed E-state index contributed by atoms with van der Waals surface area (Å²) in [5, 5.41) is 9.45. The van der Waals surface area contributed by atoms with E-state index < -0.39 is 0 Å². The van der Waals surface area contributed by atoms with Gasteiger partial charge >= 0.3 is 5.97 Å². The highest BCUT2D eigenvalue weighted by Gasteiger charge is 2.37. The van der Waals surface area contributed by atoms with Crippen molar-refractivity contribution in [3.63, 3.8) is 0 Å². The van der Waals surface area contributed by atoms with Gasteiger partial charge in [-0.3, -0.25) is 4.79 Å². The monoisotopic (exact) mass is 327 g/mol. The topological polar surface area (TPSA) is 50.1 Å². The number of aryl methyl sites for hydroxylation is 1. The van der Waals surface area contributed by atoms with Crippen LogP contribution in [-0.2, 0) is 11.2 Å². The van der Waals surface area contributed by atoms with Crippen LogP contribution >= 0.6 is 0 Å². The Balaban J connectivity index is 1.86. The molecule has 2 rings (SSSR count). The predicted molar refractivity (Wildman–Crippen MR) is 95.6 cm³/mol. The first-order chi connectivity index (χ1) is 11.6. The van der Waals surface area contributed by atoms with Crippen molar-refractivity contribution in [2.75, 3.05) is 0 Å². The Bertz CT molecular complexity index is 562. The average Bonchev–Trinajstić information content (AvgIpc) is 2.62. The molecule has 0 heterocycles. The summed E-state index contributed by atoms with van der Waals surface area (Å²) >= 11 is 0. The first-order valence-corrected chi connectivity index (χ1v) is 9.34. The Morgan fingerprint density at radius 3 is 2.42 bits per heavy atom. The van der Waals surface area contributed by atoms with Crippen LogP contribution in [0.5, 0.6) is 5.75 Å². The Morgan fingerprint density at radius 2 is 1.88 bits per heavy atom. The number of nitrogens with zero attached hydrogens (tertiary/aromatic N) is 1. The molecule has 0 atom stereocenters. The summed E-state index contributed by atoms with van der Waals surface area (Å²) in [6.45, 7) is 4.30. The summed E-state index contributed by atoms with van der Waals surface area (Å²) in [5.41, 5.74) is 1.07. The summed E-state index contributed by atoms with van der Waals surface area (Å²) in [7, 11) is 0. The van der Waals surface area contributed by atoms with E-state index in [9.17, 15) is 10.1 Å². The number of nitriles is 1. The lowest BCUT2D eigenvalue weighted by atomic mass is 9.69. The van der Waals surface area contributed by atoms with E-state index in [0.717, 1.165) is 44.9 Å². The van der Waals surface area contributed by atoms with Gasteiger partial charge in [0.15, 0.2) is 0 Å². The zero-order valence-electron chi connectivity index (χ0n) is 15.0. The number of unbranched alkanes of at least 4 members (excludes halogenated alkanes) is 1. The molecule has 130 valence electrons. The zero-order chi connectivity index (χ0) is 17.4. The van der Waals surface area contributed by atoms with Crippen LogP contribution in [0.2, 0.25) is 0 Å². The van der Waals surface area contributed by atoms with Gasteiger partial charge in [0.25, 0.3) is 0 Å². The van der Waals surface area contributed by atoms with Gasteiger partial charge in [-0.1, -0.05) is 38.8 Å². The molecule has 1 aromatic rings. The molecule has 0 saturated heterocycles. The second kappa shape index (κ2) is 8.87. The van der Waals surface area contributed by atoms with Gasteiger partial charge in [0, 0.05) is 0 Å². The highest BCUT2D eigenvalue weighted by Crippen LogP contribution is 2.42. The van der Waals surface area contributed by atoms with Crippen LogP contribution in [0.1, 0.15) is 70.8 Å². The second-order valence-electron chi connectivity index (χ2n) is 7.09. The molecular weight excluding hydrogens is 298 g/mol. The SMILES string of the molecule is CCCCc1ccc(OC(=O)[C@H]2CC[C@@](C#N)(CCC)CC2)cc1. The van der Waals surface area contributed by atoms with Gasteiger partial charge in [0.05, 0.1) is 17.4 Å². The number of esters is 1. The van der Waals surface area contributed by atoms with Crippen molar-refractivity contribution >= 4 is 5.97 Å². The first-order valence-electron chi connectivity index (χ1n) is 9.34. The largest absolute Gasteiger partial charge is 0.426 e. The van der Waals surface area contributed by atoms with Gasteiger partial charge in [-0.05, 0) is 62.6 Å². The maximum Gasteiger partial charge on any atom is 0.314 e. The summed E-state index contributed by atoms with van der Waals surface area (Å²) in [4.78, 5) is 12.4. The lowest BCUT2D eigenvalue weighted by molar-refractivity contribution is -0.140. The number of ether oxygens (including phenoxy) is 1. The molecule has 1 aromatic carbocycles. The summed E-state index contributed by atoms with van der Waals surface area (Å²) in [6, 6.07) is 10.4. The molecule has 3 nitrogen and oxygen atoms in total. The third-order valence-electron chi connectivity index (χ3n) is 5.20. The van der Waals surface area contributed by atoms with Gasteiger partial charge in [0.1, 0.15) is 5.75 Å². The molecule has 3 heteroatoms. The van der Waals surface area contributed by atoms with Gasteiger partial charge in [-0.25, -0.2) is 0 Å². The first kappa shape index (κ1) is 18.5. The number of hydrogen-bond acceptors (Lipinski definition) is 3. The van der Waals surface area contributed by atoms with Crippen molar-refractivity contribution in [2.24, 2.45) is 11.3 Å². The highest BCUT2D eigenvalue weighted by molar-refractivity contribution is 5.75. The molecule has 0 aromatic heterocycles. The zero-order valence-corrected chi connectivity index (χ0v) is 15.0. The standard InChI is InChI=1S/C21H29NO2/c1-3-5-6-17-7-9-19(10-8-17)24-20(23)18-11-14-21(16-22,13-4-2)15-12-18/h7-10,18H,3-6,11-15H2,1-2H3/t18-,21-. The second-order valence-corrected chi connectivity index (χ2v) is 7.09. The molecule has 1 aliphatic rings. The van der Waals surface area contributed by atoms with Crippen molar-refractivity contribution in [1.82, 2.24) is 0 Å². The number of benzene rings is 1. The minimum Gasteiger partial charge on any atom is -0.426 e. The average molecular weight is 327 g/mol. The van der Waals surface area contributed by atoms with Gasteiger partial charge in [-0.2, -0.15) is 5.26 Å². The van der Waals surface area contributed by atoms with Crippen LogP contribution in [0.15, 0.2) is 24.3 Å². The summed E-state index contributed by atoms with van der Waals surface area (Å²) < 4.78 is 5.55. The molecule has 0 bridgehead atoms. The van der Waals surface area contributed by atoms with Crippen LogP contribution in [0, 0.1) is 22.7 Å². The fourth-order valence-corrected chi connectivity index (χ4v) is 3.61. The van der Waals surface area contributed by atoms with Crippen molar-refractivity contribution in [1.29, 1.82) is 5.26 Å². The number of rotatable bonds is 7. The Morgan fingerprint density at radius 1 is 1.21 bits per heavy atom. The molecule has 0 radical (unpaired) electrons. The van der Waals surface area contributed by atoms with E-state index in [1.54, 1.807) is 0 Å². The number of carbonyl (C=O) groups is 1. The normalized spacial score (nSPS) is 23.5. The molecule has 0 spiro atoms. The van der Waals surface area contributed by atoms with E-state index in [4.69, 9.17) is 4.74 Å². The number of hydrogen-bond donors (Lipinski definition) is 0. The minimum absolute atomic E-state index is 0.0666. The van der Waals surface area contributed by atoms with Crippen LogP contribution in [-0.4, -0.2) is 5.97 Å². The third-order valence-corrected chi connectivity index (χ3v) is 5.20. The van der Waals surface area contributed by atoms with E-state index in [0.29, 0.717) is 5.75 Å². The van der Waals surface area contributed by atoms with Crippen LogP contribution < -0.4 is 4.74 Å². The van der Waals surface area contributed by atoms with Crippen molar-refractivity contribution in [2.45, 2.75) is 71.6 Å². The van der Waals surface area contributed by atoms with E-state index in [1.807, 2.05) is 24.3 Å². The van der Waals surface area contributed by atoms with Crippen LogP contribution in [0.25, 0.3) is 0 Å². The van der Waals surface area contributed by atoms with Gasteiger partial charge in [-0.15, -0.1) is 0 Å². The fraction of sp³-hybridized carbons (Fsp3) is 0.619. The van der Waals surface area contributed by atoms with Gasteiger partial charge in [0.2, 0.25) is 0 Å². The maximum absolute atomic E-state index is 12.4. The maximum atomic E-state index is 12.4. The smallest absolute Gasteiger partial charge is 0.314 e. The van der Waals surface area contributed by atoms with Crippen molar-refractivity contribution in [3.8, 4) is 11.8 Å². The van der Waals surface area contributed by atoms with E-state index in [1.165, 1.54) is 18.4 Å². The Kier molecular flexibility index (Phi) is 6.85. The predicted octanol–water partition coefficient (Wildman–Crippen LogP) is 5.43. The lowest BCUT2D eigenvalue weighted by Gasteiger charge is -2.33. The molecule has 1 aliphatic carbocycles. The van der Waals surface area contributed by atoms with E-state index in [-0.39, 0.29) is 17.3 Å². The molecule has 1 saturated carbocycles. The molecular formula is C21H29NO2. The fourth-order valence-electron chi connectivity index (χ4n) is 3.61. The van der Waals surface area contributed by atoms with Crippen LogP contribution in [0.3, 0.4) is 0 Å². The summed E-state index contributed by atoms with van der Waals surface area (Å²) in [6.07, 6.45) is 8.54. The molecule has 0 unspecified atom stereocenters. The molecule has 1 fully saturated rings. The van der Waals surface area contributed by atoms with Gasteiger partial charge < -0.3 is 4.74 Å². The summed E-state index contributed by atoms with van der Waals surface area (Å²) in [5.74, 6) is 0.424. The Hall–Kier alpha value is -1.82. The van der Waals surface area contributed by atoms with E-state index in [2.05, 4.69) is 19.9 Å². The Labute approximate surface area is 146 Å². The van der Waals surface area contributed by atoms with E-state index >= 15 is 0 Å². The number of carbonyl (C=O) groups excluding carboxylic acids is 1. The highest BCUT2D eigenvalue weighted by atomic mass is 16.5. The molecule has 24 heavy (non-hydrogen) atoms. The quantitative estimate of drug-likeness (QED) is 0.495. The lowest BCUT2D eigenvalue weighted by Crippen LogP contribution is -2.31.